The van der Waals surface area contributed by atoms with Gasteiger partial charge in [0.15, 0.2) is 6.10 Å². The van der Waals surface area contributed by atoms with Gasteiger partial charge in [-0.1, -0.05) is 23.2 Å². The second kappa shape index (κ2) is 6.83. The molecule has 1 N–H and O–H groups in total. The van der Waals surface area contributed by atoms with Gasteiger partial charge < -0.3 is 10.1 Å². The maximum absolute atomic E-state index is 12.1. The Labute approximate surface area is 133 Å². The molecule has 110 valence electrons. The van der Waals surface area contributed by atoms with Crippen LogP contribution in [0.15, 0.2) is 42.5 Å². The van der Waals surface area contributed by atoms with E-state index in [0.29, 0.717) is 21.5 Å². The van der Waals surface area contributed by atoms with Crippen LogP contribution in [0.3, 0.4) is 0 Å². The molecule has 2 aromatic rings. The molecule has 0 heterocycles. The average molecular weight is 324 g/mol. The molecule has 0 fully saturated rings. The van der Waals surface area contributed by atoms with Crippen LogP contribution in [-0.4, -0.2) is 12.0 Å². The first kappa shape index (κ1) is 15.7. The highest BCUT2D eigenvalue weighted by molar-refractivity contribution is 6.31. The molecule has 5 heteroatoms. The lowest BCUT2D eigenvalue weighted by molar-refractivity contribution is -0.122. The molecule has 0 radical (unpaired) electrons. The van der Waals surface area contributed by atoms with Crippen LogP contribution in [0.2, 0.25) is 10.0 Å². The van der Waals surface area contributed by atoms with Crippen LogP contribution in [0.1, 0.15) is 12.5 Å². The van der Waals surface area contributed by atoms with Crippen LogP contribution in [0.5, 0.6) is 5.75 Å². The molecule has 0 aliphatic carbocycles. The smallest absolute Gasteiger partial charge is 0.265 e. The predicted molar refractivity (Wildman–Crippen MR) is 86.4 cm³/mol. The summed E-state index contributed by atoms with van der Waals surface area (Å²) in [6, 6.07) is 12.2. The molecule has 1 atom stereocenters. The number of benzene rings is 2. The van der Waals surface area contributed by atoms with Gasteiger partial charge in [0, 0.05) is 15.7 Å². The zero-order valence-electron chi connectivity index (χ0n) is 11.7. The van der Waals surface area contributed by atoms with Gasteiger partial charge in [-0.05, 0) is 61.9 Å². The van der Waals surface area contributed by atoms with Gasteiger partial charge in [-0.3, -0.25) is 4.79 Å². The standard InChI is InChI=1S/C16H15Cl2NO2/c1-10-9-14(7-8-15(10)18)21-11(2)16(20)19-13-5-3-12(17)4-6-13/h3-9,11H,1-2H3,(H,19,20)/t11-/m1/s1. The lowest BCUT2D eigenvalue weighted by Crippen LogP contribution is -2.30. The lowest BCUT2D eigenvalue weighted by atomic mass is 10.2. The van der Waals surface area contributed by atoms with E-state index in [1.165, 1.54) is 0 Å². The van der Waals surface area contributed by atoms with E-state index in [2.05, 4.69) is 5.32 Å². The Morgan fingerprint density at radius 2 is 1.81 bits per heavy atom. The SMILES string of the molecule is Cc1cc(O[C@H](C)C(=O)Nc2ccc(Cl)cc2)ccc1Cl. The Bertz CT molecular complexity index is 641. The molecular weight excluding hydrogens is 309 g/mol. The van der Waals surface area contributed by atoms with E-state index >= 15 is 0 Å². The molecule has 1 amide bonds. The van der Waals surface area contributed by atoms with E-state index in [9.17, 15) is 4.79 Å². The van der Waals surface area contributed by atoms with Crippen molar-refractivity contribution in [1.82, 2.24) is 0 Å². The Balaban J connectivity index is 1.98. The van der Waals surface area contributed by atoms with Gasteiger partial charge in [-0.15, -0.1) is 0 Å². The highest BCUT2D eigenvalue weighted by Gasteiger charge is 2.15. The highest BCUT2D eigenvalue weighted by atomic mass is 35.5. The van der Waals surface area contributed by atoms with Gasteiger partial charge in [0.2, 0.25) is 0 Å². The van der Waals surface area contributed by atoms with E-state index in [4.69, 9.17) is 27.9 Å². The zero-order chi connectivity index (χ0) is 15.4. The summed E-state index contributed by atoms with van der Waals surface area (Å²) in [5.74, 6) is 0.376. The fourth-order valence-corrected chi connectivity index (χ4v) is 1.97. The predicted octanol–water partition coefficient (Wildman–Crippen LogP) is 4.71. The van der Waals surface area contributed by atoms with E-state index < -0.39 is 6.10 Å². The van der Waals surface area contributed by atoms with Crippen molar-refractivity contribution in [2.75, 3.05) is 5.32 Å². The average Bonchev–Trinajstić information content (AvgIpc) is 2.45. The van der Waals surface area contributed by atoms with Crippen LogP contribution in [0.4, 0.5) is 5.69 Å². The second-order valence-corrected chi connectivity index (χ2v) is 5.51. The monoisotopic (exact) mass is 323 g/mol. The number of anilines is 1. The highest BCUT2D eigenvalue weighted by Crippen LogP contribution is 2.22. The van der Waals surface area contributed by atoms with Crippen molar-refractivity contribution in [3.8, 4) is 5.75 Å². The van der Waals surface area contributed by atoms with E-state index in [-0.39, 0.29) is 5.91 Å². The minimum Gasteiger partial charge on any atom is -0.481 e. The number of rotatable bonds is 4. The van der Waals surface area contributed by atoms with Crippen LogP contribution < -0.4 is 10.1 Å². The summed E-state index contributed by atoms with van der Waals surface area (Å²) in [6.07, 6.45) is -0.624. The molecule has 0 aliphatic heterocycles. The summed E-state index contributed by atoms with van der Waals surface area (Å²) in [6.45, 7) is 3.57. The molecule has 0 bridgehead atoms. The largest absolute Gasteiger partial charge is 0.481 e. The van der Waals surface area contributed by atoms with E-state index in [1.807, 2.05) is 6.92 Å². The molecular formula is C16H15Cl2NO2. The Morgan fingerprint density at radius 1 is 1.14 bits per heavy atom. The molecule has 21 heavy (non-hydrogen) atoms. The van der Waals surface area contributed by atoms with Crippen LogP contribution in [0, 0.1) is 6.92 Å². The number of halogens is 2. The third-order valence-electron chi connectivity index (χ3n) is 2.92. The van der Waals surface area contributed by atoms with Crippen molar-refractivity contribution < 1.29 is 9.53 Å². The van der Waals surface area contributed by atoms with E-state index in [0.717, 1.165) is 5.56 Å². The maximum Gasteiger partial charge on any atom is 0.265 e. The quantitative estimate of drug-likeness (QED) is 0.885. The van der Waals surface area contributed by atoms with Crippen LogP contribution in [0.25, 0.3) is 0 Å². The minimum absolute atomic E-state index is 0.232. The van der Waals surface area contributed by atoms with Crippen LogP contribution >= 0.6 is 23.2 Å². The van der Waals surface area contributed by atoms with Gasteiger partial charge in [0.05, 0.1) is 0 Å². The fourth-order valence-electron chi connectivity index (χ4n) is 1.73. The third-order valence-corrected chi connectivity index (χ3v) is 3.60. The summed E-state index contributed by atoms with van der Waals surface area (Å²) < 4.78 is 5.61. The summed E-state index contributed by atoms with van der Waals surface area (Å²) in [5.41, 5.74) is 1.58. The second-order valence-electron chi connectivity index (χ2n) is 4.67. The van der Waals surface area contributed by atoms with Crippen molar-refractivity contribution in [2.24, 2.45) is 0 Å². The van der Waals surface area contributed by atoms with Crippen molar-refractivity contribution in [3.05, 3.63) is 58.1 Å². The van der Waals surface area contributed by atoms with Crippen molar-refractivity contribution in [1.29, 1.82) is 0 Å². The normalized spacial score (nSPS) is 11.8. The molecule has 2 rings (SSSR count). The Morgan fingerprint density at radius 3 is 2.43 bits per heavy atom. The lowest BCUT2D eigenvalue weighted by Gasteiger charge is -2.15. The van der Waals surface area contributed by atoms with Gasteiger partial charge in [-0.25, -0.2) is 0 Å². The van der Waals surface area contributed by atoms with E-state index in [1.54, 1.807) is 49.4 Å². The topological polar surface area (TPSA) is 38.3 Å². The molecule has 0 aromatic heterocycles. The first-order chi connectivity index (χ1) is 9.95. The number of ether oxygens (including phenoxy) is 1. The van der Waals surface area contributed by atoms with Gasteiger partial charge in [0.1, 0.15) is 5.75 Å². The number of amides is 1. The Hall–Kier alpha value is -1.71. The summed E-state index contributed by atoms with van der Waals surface area (Å²) in [4.78, 5) is 12.1. The van der Waals surface area contributed by atoms with Gasteiger partial charge in [0.25, 0.3) is 5.91 Å². The molecule has 2 aromatic carbocycles. The van der Waals surface area contributed by atoms with Gasteiger partial charge in [-0.2, -0.15) is 0 Å². The van der Waals surface area contributed by atoms with Gasteiger partial charge >= 0.3 is 0 Å². The number of nitrogens with one attached hydrogen (secondary N) is 1. The number of carbonyl (C=O) groups excluding carboxylic acids is 1. The molecule has 0 saturated carbocycles. The number of aryl methyl sites for hydroxylation is 1. The van der Waals surface area contributed by atoms with Crippen molar-refractivity contribution in [3.63, 3.8) is 0 Å². The first-order valence-corrected chi connectivity index (χ1v) is 7.20. The first-order valence-electron chi connectivity index (χ1n) is 6.45. The minimum atomic E-state index is -0.624. The number of hydrogen-bond acceptors (Lipinski definition) is 2. The zero-order valence-corrected chi connectivity index (χ0v) is 13.2. The summed E-state index contributed by atoms with van der Waals surface area (Å²) in [7, 11) is 0. The summed E-state index contributed by atoms with van der Waals surface area (Å²) in [5, 5.41) is 4.05. The number of hydrogen-bond donors (Lipinski definition) is 1. The maximum atomic E-state index is 12.1. The molecule has 3 nitrogen and oxygen atoms in total. The molecule has 0 saturated heterocycles. The molecule has 0 aliphatic rings. The number of carbonyl (C=O) groups is 1. The summed E-state index contributed by atoms with van der Waals surface area (Å²) >= 11 is 11.8. The Kier molecular flexibility index (Phi) is 5.10. The van der Waals surface area contributed by atoms with Crippen molar-refractivity contribution >= 4 is 34.8 Å². The van der Waals surface area contributed by atoms with Crippen molar-refractivity contribution in [2.45, 2.75) is 20.0 Å². The molecule has 0 unspecified atom stereocenters. The fraction of sp³-hybridized carbons (Fsp3) is 0.188. The van der Waals surface area contributed by atoms with Crippen LogP contribution in [-0.2, 0) is 4.79 Å². The molecule has 0 spiro atoms. The third kappa shape index (κ3) is 4.38.